The fourth-order valence-corrected chi connectivity index (χ4v) is 2.38. The standard InChI is InChI=1S/C13H7F5OS/c14-9-8(10(15)12(17)13(18)11(9)16)7(19)4-3-6-2-1-5-20-6/h1-2,5H,3-4H2. The Balaban J connectivity index is 2.30. The average Bonchev–Trinajstić information content (AvgIpc) is 2.94. The van der Waals surface area contributed by atoms with Crippen LogP contribution in [-0.4, -0.2) is 5.78 Å². The van der Waals surface area contributed by atoms with Crippen molar-refractivity contribution in [2.24, 2.45) is 0 Å². The number of hydrogen-bond acceptors (Lipinski definition) is 2. The maximum Gasteiger partial charge on any atom is 0.200 e. The van der Waals surface area contributed by atoms with Crippen LogP contribution in [0.1, 0.15) is 21.7 Å². The van der Waals surface area contributed by atoms with Crippen LogP contribution in [-0.2, 0) is 6.42 Å². The van der Waals surface area contributed by atoms with Gasteiger partial charge in [-0.3, -0.25) is 4.79 Å². The first-order chi connectivity index (χ1) is 9.43. The van der Waals surface area contributed by atoms with E-state index in [1.165, 1.54) is 11.3 Å². The second-order valence-corrected chi connectivity index (χ2v) is 4.98. The van der Waals surface area contributed by atoms with Crippen molar-refractivity contribution in [1.29, 1.82) is 0 Å². The third kappa shape index (κ3) is 2.58. The van der Waals surface area contributed by atoms with E-state index in [0.29, 0.717) is 0 Å². The molecule has 0 aliphatic heterocycles. The number of benzene rings is 1. The van der Waals surface area contributed by atoms with E-state index in [-0.39, 0.29) is 12.8 Å². The van der Waals surface area contributed by atoms with Gasteiger partial charge >= 0.3 is 0 Å². The van der Waals surface area contributed by atoms with E-state index in [0.717, 1.165) is 4.88 Å². The van der Waals surface area contributed by atoms with Crippen LogP contribution in [0.25, 0.3) is 0 Å². The van der Waals surface area contributed by atoms with Gasteiger partial charge in [0.15, 0.2) is 29.1 Å². The number of aryl methyl sites for hydroxylation is 1. The number of thiophene rings is 1. The number of ketones is 1. The Bertz CT molecular complexity index is 622. The highest BCUT2D eigenvalue weighted by Crippen LogP contribution is 2.24. The number of carbonyl (C=O) groups is 1. The van der Waals surface area contributed by atoms with Crippen LogP contribution in [0.15, 0.2) is 17.5 Å². The minimum absolute atomic E-state index is 0.177. The van der Waals surface area contributed by atoms with E-state index in [1.54, 1.807) is 17.5 Å². The van der Waals surface area contributed by atoms with Gasteiger partial charge in [0.05, 0.1) is 5.56 Å². The smallest absolute Gasteiger partial charge is 0.200 e. The van der Waals surface area contributed by atoms with Crippen molar-refractivity contribution in [2.75, 3.05) is 0 Å². The van der Waals surface area contributed by atoms with Gasteiger partial charge in [0.25, 0.3) is 0 Å². The summed E-state index contributed by atoms with van der Waals surface area (Å²) in [5, 5.41) is 1.75. The van der Waals surface area contributed by atoms with Gasteiger partial charge < -0.3 is 0 Å². The Morgan fingerprint density at radius 2 is 1.50 bits per heavy atom. The predicted molar refractivity (Wildman–Crippen MR) is 63.2 cm³/mol. The van der Waals surface area contributed by atoms with Gasteiger partial charge in [0.1, 0.15) is 0 Å². The molecule has 0 N–H and O–H groups in total. The predicted octanol–water partition coefficient (Wildman–Crippen LogP) is 4.26. The van der Waals surface area contributed by atoms with Crippen molar-refractivity contribution in [3.05, 3.63) is 57.0 Å². The first-order valence-electron chi connectivity index (χ1n) is 5.50. The molecule has 0 saturated carbocycles. The van der Waals surface area contributed by atoms with E-state index in [4.69, 9.17) is 0 Å². The van der Waals surface area contributed by atoms with Crippen LogP contribution in [0.4, 0.5) is 22.0 Å². The lowest BCUT2D eigenvalue weighted by Gasteiger charge is -2.07. The molecule has 0 saturated heterocycles. The summed E-state index contributed by atoms with van der Waals surface area (Å²) in [7, 11) is 0. The van der Waals surface area contributed by atoms with Crippen molar-refractivity contribution in [3.63, 3.8) is 0 Å². The first kappa shape index (κ1) is 14.6. The highest BCUT2D eigenvalue weighted by molar-refractivity contribution is 7.09. The van der Waals surface area contributed by atoms with Gasteiger partial charge in [0.2, 0.25) is 5.82 Å². The largest absolute Gasteiger partial charge is 0.294 e. The van der Waals surface area contributed by atoms with Crippen LogP contribution in [0.5, 0.6) is 0 Å². The summed E-state index contributed by atoms with van der Waals surface area (Å²) in [6.45, 7) is 0. The van der Waals surface area contributed by atoms with Crippen molar-refractivity contribution in [1.82, 2.24) is 0 Å². The summed E-state index contributed by atoms with van der Waals surface area (Å²) < 4.78 is 65.5. The molecule has 7 heteroatoms. The molecule has 0 atom stereocenters. The lowest BCUT2D eigenvalue weighted by molar-refractivity contribution is 0.0971. The van der Waals surface area contributed by atoms with Crippen LogP contribution >= 0.6 is 11.3 Å². The first-order valence-corrected chi connectivity index (χ1v) is 6.38. The topological polar surface area (TPSA) is 17.1 Å². The number of rotatable bonds is 4. The lowest BCUT2D eigenvalue weighted by Crippen LogP contribution is -2.13. The molecule has 0 aliphatic carbocycles. The number of Topliss-reactive ketones (excluding diaryl/α,β-unsaturated/α-hetero) is 1. The van der Waals surface area contributed by atoms with Crippen molar-refractivity contribution in [3.8, 4) is 0 Å². The Morgan fingerprint density at radius 3 is 2.00 bits per heavy atom. The Kier molecular flexibility index (Phi) is 4.17. The molecule has 2 rings (SSSR count). The van der Waals surface area contributed by atoms with E-state index < -0.39 is 40.4 Å². The van der Waals surface area contributed by atoms with Crippen LogP contribution in [0.2, 0.25) is 0 Å². The fraction of sp³-hybridized carbons (Fsp3) is 0.154. The molecular weight excluding hydrogens is 299 g/mol. The van der Waals surface area contributed by atoms with Crippen LogP contribution in [0.3, 0.4) is 0 Å². The number of halogens is 5. The van der Waals surface area contributed by atoms with E-state index in [1.807, 2.05) is 0 Å². The van der Waals surface area contributed by atoms with Crippen molar-refractivity contribution in [2.45, 2.75) is 12.8 Å². The van der Waals surface area contributed by atoms with Gasteiger partial charge in [-0.2, -0.15) is 0 Å². The maximum absolute atomic E-state index is 13.4. The molecule has 0 unspecified atom stereocenters. The normalized spacial score (nSPS) is 10.8. The number of carbonyl (C=O) groups excluding carboxylic acids is 1. The summed E-state index contributed by atoms with van der Waals surface area (Å²) in [5.41, 5.74) is -1.38. The summed E-state index contributed by atoms with van der Waals surface area (Å²) in [4.78, 5) is 12.4. The molecular formula is C13H7F5OS. The van der Waals surface area contributed by atoms with E-state index in [9.17, 15) is 26.7 Å². The zero-order valence-electron chi connectivity index (χ0n) is 9.85. The van der Waals surface area contributed by atoms with Gasteiger partial charge in [-0.05, 0) is 17.9 Å². The molecule has 1 aromatic heterocycles. The highest BCUT2D eigenvalue weighted by atomic mass is 32.1. The summed E-state index contributed by atoms with van der Waals surface area (Å²) >= 11 is 1.33. The zero-order valence-corrected chi connectivity index (χ0v) is 10.7. The molecule has 1 aromatic carbocycles. The highest BCUT2D eigenvalue weighted by Gasteiger charge is 2.29. The van der Waals surface area contributed by atoms with Crippen molar-refractivity contribution >= 4 is 17.1 Å². The van der Waals surface area contributed by atoms with E-state index in [2.05, 4.69) is 0 Å². The maximum atomic E-state index is 13.4. The summed E-state index contributed by atoms with van der Waals surface area (Å²) in [6.07, 6.45) is -0.158. The molecule has 0 amide bonds. The molecule has 106 valence electrons. The van der Waals surface area contributed by atoms with Crippen molar-refractivity contribution < 1.29 is 26.7 Å². The Labute approximate surface area is 114 Å². The molecule has 0 spiro atoms. The van der Waals surface area contributed by atoms with Gasteiger partial charge in [-0.15, -0.1) is 11.3 Å². The minimum Gasteiger partial charge on any atom is -0.294 e. The zero-order chi connectivity index (χ0) is 14.9. The molecule has 0 radical (unpaired) electrons. The molecule has 2 aromatic rings. The van der Waals surface area contributed by atoms with E-state index >= 15 is 0 Å². The molecule has 0 aliphatic rings. The second kappa shape index (κ2) is 5.70. The SMILES string of the molecule is O=C(CCc1cccs1)c1c(F)c(F)c(F)c(F)c1F. The van der Waals surface area contributed by atoms with Gasteiger partial charge in [-0.25, -0.2) is 22.0 Å². The molecule has 1 heterocycles. The van der Waals surface area contributed by atoms with Gasteiger partial charge in [-0.1, -0.05) is 6.07 Å². The summed E-state index contributed by atoms with van der Waals surface area (Å²) in [5.74, 6) is -11.8. The minimum atomic E-state index is -2.27. The molecule has 0 bridgehead atoms. The molecule has 0 fully saturated rings. The molecule has 20 heavy (non-hydrogen) atoms. The summed E-state index contributed by atoms with van der Waals surface area (Å²) in [6, 6.07) is 3.43. The Hall–Kier alpha value is -1.76. The lowest BCUT2D eigenvalue weighted by atomic mass is 10.0. The third-order valence-electron chi connectivity index (χ3n) is 2.67. The van der Waals surface area contributed by atoms with Crippen LogP contribution in [0, 0.1) is 29.1 Å². The third-order valence-corrected chi connectivity index (χ3v) is 3.60. The molecule has 1 nitrogen and oxygen atoms in total. The quantitative estimate of drug-likeness (QED) is 0.357. The second-order valence-electron chi connectivity index (χ2n) is 3.95. The average molecular weight is 306 g/mol. The Morgan fingerprint density at radius 1 is 0.950 bits per heavy atom. The van der Waals surface area contributed by atoms with Crippen LogP contribution < -0.4 is 0 Å². The fourth-order valence-electron chi connectivity index (χ4n) is 1.67. The monoisotopic (exact) mass is 306 g/mol. The van der Waals surface area contributed by atoms with Gasteiger partial charge in [0, 0.05) is 11.3 Å². The number of hydrogen-bond donors (Lipinski definition) is 0.